The minimum atomic E-state index is 0.465. The molecule has 1 aliphatic heterocycles. The molecule has 21 heavy (non-hydrogen) atoms. The zero-order valence-electron chi connectivity index (χ0n) is 12.6. The van der Waals surface area contributed by atoms with Crippen molar-refractivity contribution in [3.05, 3.63) is 65.2 Å². The molecular formula is C18H21NS2. The van der Waals surface area contributed by atoms with Crippen LogP contribution < -0.4 is 0 Å². The number of hydrogen-bond acceptors (Lipinski definition) is 3. The molecule has 2 aromatic carbocycles. The zero-order valence-corrected chi connectivity index (χ0v) is 14.2. The summed E-state index contributed by atoms with van der Waals surface area (Å²) in [4.78, 5) is 3.70. The van der Waals surface area contributed by atoms with Crippen molar-refractivity contribution in [1.29, 1.82) is 0 Å². The van der Waals surface area contributed by atoms with Crippen molar-refractivity contribution in [1.82, 2.24) is 4.90 Å². The lowest BCUT2D eigenvalue weighted by Crippen LogP contribution is -2.15. The van der Waals surface area contributed by atoms with Crippen molar-refractivity contribution in [2.24, 2.45) is 0 Å². The number of nitrogens with zero attached hydrogens (tertiary/aromatic N) is 1. The molecule has 0 spiro atoms. The Hall–Kier alpha value is -0.900. The van der Waals surface area contributed by atoms with Gasteiger partial charge in [-0.2, -0.15) is 0 Å². The summed E-state index contributed by atoms with van der Waals surface area (Å²) >= 11 is 4.04. The van der Waals surface area contributed by atoms with Gasteiger partial charge in [0, 0.05) is 22.9 Å². The lowest BCUT2D eigenvalue weighted by atomic mass is 10.0. The zero-order chi connectivity index (χ0) is 14.7. The third-order valence-corrected chi connectivity index (χ3v) is 6.14. The quantitative estimate of drug-likeness (QED) is 0.807. The molecule has 0 saturated heterocycles. The summed E-state index contributed by atoms with van der Waals surface area (Å²) in [6.45, 7) is 1.12. The first-order valence-corrected chi connectivity index (χ1v) is 9.35. The number of hydrogen-bond donors (Lipinski definition) is 0. The third-order valence-electron chi connectivity index (χ3n) is 3.75. The Morgan fingerprint density at radius 3 is 2.57 bits per heavy atom. The minimum Gasteiger partial charge on any atom is -0.309 e. The normalized spacial score (nSPS) is 17.2. The van der Waals surface area contributed by atoms with Crippen molar-refractivity contribution in [2.45, 2.75) is 15.9 Å². The second kappa shape index (κ2) is 6.91. The Kier molecular flexibility index (Phi) is 4.94. The average Bonchev–Trinajstić information content (AvgIpc) is 2.65. The molecule has 0 aromatic heterocycles. The van der Waals surface area contributed by atoms with E-state index in [1.54, 1.807) is 0 Å². The van der Waals surface area contributed by atoms with Crippen molar-refractivity contribution in [3.8, 4) is 0 Å². The lowest BCUT2D eigenvalue weighted by Gasteiger charge is -2.20. The molecule has 0 saturated carbocycles. The van der Waals surface area contributed by atoms with Crippen molar-refractivity contribution in [2.75, 3.05) is 26.4 Å². The fourth-order valence-electron chi connectivity index (χ4n) is 2.61. The van der Waals surface area contributed by atoms with Crippen LogP contribution in [0.5, 0.6) is 0 Å². The number of rotatable bonds is 4. The van der Waals surface area contributed by atoms with Crippen LogP contribution in [-0.4, -0.2) is 31.3 Å². The molecule has 1 atom stereocenters. The van der Waals surface area contributed by atoms with Crippen LogP contribution in [0.1, 0.15) is 21.9 Å². The Morgan fingerprint density at radius 1 is 1.05 bits per heavy atom. The summed E-state index contributed by atoms with van der Waals surface area (Å²) in [5.74, 6) is 2.24. The van der Waals surface area contributed by atoms with E-state index in [-0.39, 0.29) is 0 Å². The summed E-state index contributed by atoms with van der Waals surface area (Å²) in [5, 5.41) is 0.465. The van der Waals surface area contributed by atoms with Crippen LogP contribution >= 0.6 is 23.5 Å². The number of benzene rings is 2. The van der Waals surface area contributed by atoms with Crippen LogP contribution in [0, 0.1) is 0 Å². The standard InChI is InChI=1S/C18H21NS2/c1-19(2)11-12-20-18-15-8-4-3-7-14(15)13-21-17-10-6-5-9-16(17)18/h3-10,18H,11-13H2,1-2H3/t18-/m0/s1. The van der Waals surface area contributed by atoms with Gasteiger partial charge in [0.25, 0.3) is 0 Å². The molecule has 110 valence electrons. The Bertz CT molecular complexity index is 562. The van der Waals surface area contributed by atoms with Gasteiger partial charge in [0.2, 0.25) is 0 Å². The van der Waals surface area contributed by atoms with Gasteiger partial charge >= 0.3 is 0 Å². The predicted molar refractivity (Wildman–Crippen MR) is 95.3 cm³/mol. The molecule has 3 rings (SSSR count). The highest BCUT2D eigenvalue weighted by Crippen LogP contribution is 2.45. The van der Waals surface area contributed by atoms with Crippen LogP contribution in [0.2, 0.25) is 0 Å². The topological polar surface area (TPSA) is 3.24 Å². The Morgan fingerprint density at radius 2 is 1.76 bits per heavy atom. The summed E-state index contributed by atoms with van der Waals surface area (Å²) in [6.07, 6.45) is 0. The van der Waals surface area contributed by atoms with E-state index in [4.69, 9.17) is 0 Å². The molecule has 0 amide bonds. The van der Waals surface area contributed by atoms with E-state index in [1.165, 1.54) is 21.6 Å². The highest BCUT2D eigenvalue weighted by molar-refractivity contribution is 8.00. The van der Waals surface area contributed by atoms with Gasteiger partial charge in [0.15, 0.2) is 0 Å². The van der Waals surface area contributed by atoms with Crippen molar-refractivity contribution < 1.29 is 0 Å². The fraction of sp³-hybridized carbons (Fsp3) is 0.333. The number of fused-ring (bicyclic) bond motifs is 2. The second-order valence-electron chi connectivity index (χ2n) is 5.58. The van der Waals surface area contributed by atoms with E-state index in [2.05, 4.69) is 79.3 Å². The SMILES string of the molecule is CN(C)CCS[C@H]1c2ccccc2CSc2ccccc21. The molecule has 0 radical (unpaired) electrons. The summed E-state index contributed by atoms with van der Waals surface area (Å²) in [7, 11) is 4.29. The van der Waals surface area contributed by atoms with E-state index in [0.717, 1.165) is 18.1 Å². The van der Waals surface area contributed by atoms with E-state index >= 15 is 0 Å². The monoisotopic (exact) mass is 315 g/mol. The fourth-order valence-corrected chi connectivity index (χ4v) is 5.28. The summed E-state index contributed by atoms with van der Waals surface area (Å²) < 4.78 is 0. The van der Waals surface area contributed by atoms with E-state index in [1.807, 2.05) is 11.8 Å². The molecular weight excluding hydrogens is 294 g/mol. The maximum atomic E-state index is 2.31. The lowest BCUT2D eigenvalue weighted by molar-refractivity contribution is 0.437. The summed E-state index contributed by atoms with van der Waals surface area (Å²) in [5.41, 5.74) is 4.47. The van der Waals surface area contributed by atoms with Crippen molar-refractivity contribution >= 4 is 23.5 Å². The number of thioether (sulfide) groups is 2. The maximum absolute atomic E-state index is 2.31. The Labute approximate surface area is 136 Å². The van der Waals surface area contributed by atoms with E-state index < -0.39 is 0 Å². The molecule has 0 fully saturated rings. The summed E-state index contributed by atoms with van der Waals surface area (Å²) in [6, 6.07) is 17.8. The van der Waals surface area contributed by atoms with Gasteiger partial charge in [-0.1, -0.05) is 42.5 Å². The van der Waals surface area contributed by atoms with Crippen molar-refractivity contribution in [3.63, 3.8) is 0 Å². The van der Waals surface area contributed by atoms with Gasteiger partial charge in [-0.25, -0.2) is 0 Å². The second-order valence-corrected chi connectivity index (χ2v) is 7.81. The molecule has 0 bridgehead atoms. The van der Waals surface area contributed by atoms with E-state index in [9.17, 15) is 0 Å². The molecule has 0 aliphatic carbocycles. The Balaban J connectivity index is 1.95. The maximum Gasteiger partial charge on any atom is 0.0561 e. The molecule has 1 nitrogen and oxygen atoms in total. The van der Waals surface area contributed by atoms with Gasteiger partial charge in [0.1, 0.15) is 0 Å². The molecule has 1 heterocycles. The van der Waals surface area contributed by atoms with Gasteiger partial charge < -0.3 is 4.90 Å². The predicted octanol–water partition coefficient (Wildman–Crippen LogP) is 4.68. The van der Waals surface area contributed by atoms with Gasteiger partial charge in [-0.05, 0) is 36.9 Å². The van der Waals surface area contributed by atoms with Gasteiger partial charge in [-0.15, -0.1) is 23.5 Å². The van der Waals surface area contributed by atoms with Crippen LogP contribution in [0.4, 0.5) is 0 Å². The minimum absolute atomic E-state index is 0.465. The molecule has 2 aromatic rings. The molecule has 0 unspecified atom stereocenters. The average molecular weight is 316 g/mol. The van der Waals surface area contributed by atoms with Crippen LogP contribution in [0.15, 0.2) is 53.4 Å². The highest BCUT2D eigenvalue weighted by atomic mass is 32.2. The smallest absolute Gasteiger partial charge is 0.0561 e. The molecule has 0 N–H and O–H groups in total. The van der Waals surface area contributed by atoms with Crippen LogP contribution in [-0.2, 0) is 5.75 Å². The van der Waals surface area contributed by atoms with Crippen LogP contribution in [0.25, 0.3) is 0 Å². The largest absolute Gasteiger partial charge is 0.309 e. The first kappa shape index (κ1) is 15.0. The molecule has 1 aliphatic rings. The van der Waals surface area contributed by atoms with E-state index in [0.29, 0.717) is 5.25 Å². The third kappa shape index (κ3) is 3.47. The van der Waals surface area contributed by atoms with Gasteiger partial charge in [-0.3, -0.25) is 0 Å². The van der Waals surface area contributed by atoms with Gasteiger partial charge in [0.05, 0.1) is 5.25 Å². The van der Waals surface area contributed by atoms with Crippen LogP contribution in [0.3, 0.4) is 0 Å². The first-order valence-electron chi connectivity index (χ1n) is 7.31. The molecule has 3 heteroatoms. The first-order chi connectivity index (χ1) is 10.3. The highest BCUT2D eigenvalue weighted by Gasteiger charge is 2.23.